The van der Waals surface area contributed by atoms with Crippen molar-refractivity contribution in [2.45, 2.75) is 20.8 Å². The number of nitrogens with one attached hydrogen (secondary N) is 1. The van der Waals surface area contributed by atoms with Crippen molar-refractivity contribution in [2.75, 3.05) is 12.4 Å². The number of carbonyl (C=O) groups is 2. The fourth-order valence-electron chi connectivity index (χ4n) is 1.36. The zero-order valence-electron chi connectivity index (χ0n) is 10.8. The molecule has 0 unspecified atom stereocenters. The molecule has 0 saturated heterocycles. The van der Waals surface area contributed by atoms with Gasteiger partial charge in [0.15, 0.2) is 0 Å². The van der Waals surface area contributed by atoms with Crippen molar-refractivity contribution < 1.29 is 14.3 Å². The number of halogens is 1. The molecule has 1 N–H and O–H groups in total. The van der Waals surface area contributed by atoms with E-state index in [0.717, 1.165) is 10.0 Å². The molecule has 5 heteroatoms. The summed E-state index contributed by atoms with van der Waals surface area (Å²) in [7, 11) is 1.27. The van der Waals surface area contributed by atoms with Crippen LogP contribution >= 0.6 is 15.9 Å². The fraction of sp³-hybridized carbons (Fsp3) is 0.385. The number of hydrogen-bond acceptors (Lipinski definition) is 3. The Hall–Kier alpha value is -1.36. The Bertz CT molecular complexity index is 483. The Morgan fingerprint density at radius 3 is 2.50 bits per heavy atom. The van der Waals surface area contributed by atoms with E-state index < -0.39 is 17.3 Å². The van der Waals surface area contributed by atoms with Gasteiger partial charge in [-0.15, -0.1) is 0 Å². The van der Waals surface area contributed by atoms with Crippen molar-refractivity contribution >= 4 is 33.5 Å². The Labute approximate surface area is 115 Å². The van der Waals surface area contributed by atoms with Gasteiger partial charge >= 0.3 is 5.97 Å². The molecule has 0 atom stereocenters. The van der Waals surface area contributed by atoms with E-state index in [1.165, 1.54) is 21.0 Å². The number of carbonyl (C=O) groups excluding carboxylic acids is 2. The molecule has 0 spiro atoms. The van der Waals surface area contributed by atoms with Crippen LogP contribution in [0.1, 0.15) is 19.4 Å². The summed E-state index contributed by atoms with van der Waals surface area (Å²) >= 11 is 3.34. The van der Waals surface area contributed by atoms with Gasteiger partial charge in [-0.05, 0) is 38.5 Å². The van der Waals surface area contributed by atoms with Crippen LogP contribution in [0.2, 0.25) is 0 Å². The highest BCUT2D eigenvalue weighted by Gasteiger charge is 2.37. The maximum atomic E-state index is 12.1. The minimum atomic E-state index is -1.22. The lowest BCUT2D eigenvalue weighted by molar-refractivity contribution is -0.154. The average molecular weight is 314 g/mol. The summed E-state index contributed by atoms with van der Waals surface area (Å²) in [5.74, 6) is -0.955. The maximum absolute atomic E-state index is 12.1. The van der Waals surface area contributed by atoms with Crippen molar-refractivity contribution in [1.82, 2.24) is 0 Å². The van der Waals surface area contributed by atoms with Crippen molar-refractivity contribution in [3.63, 3.8) is 0 Å². The first-order valence-electron chi connectivity index (χ1n) is 5.45. The highest BCUT2D eigenvalue weighted by Crippen LogP contribution is 2.24. The average Bonchev–Trinajstić information content (AvgIpc) is 2.32. The van der Waals surface area contributed by atoms with Gasteiger partial charge in [-0.1, -0.05) is 22.0 Å². The number of esters is 1. The van der Waals surface area contributed by atoms with E-state index in [4.69, 9.17) is 0 Å². The zero-order chi connectivity index (χ0) is 13.9. The molecular formula is C13H16BrNO3. The number of ether oxygens (including phenoxy) is 1. The van der Waals surface area contributed by atoms with Crippen molar-refractivity contribution in [3.05, 3.63) is 28.2 Å². The lowest BCUT2D eigenvalue weighted by Crippen LogP contribution is -2.38. The Morgan fingerprint density at radius 1 is 1.33 bits per heavy atom. The van der Waals surface area contributed by atoms with Crippen LogP contribution in [0.3, 0.4) is 0 Å². The van der Waals surface area contributed by atoms with E-state index >= 15 is 0 Å². The molecule has 1 amide bonds. The number of benzene rings is 1. The van der Waals surface area contributed by atoms with Crippen LogP contribution < -0.4 is 5.32 Å². The lowest BCUT2D eigenvalue weighted by atomic mass is 9.92. The SMILES string of the molecule is COC(=O)C(C)(C)C(=O)Nc1cc(Br)ccc1C. The number of methoxy groups -OCH3 is 1. The molecule has 1 rings (SSSR count). The van der Waals surface area contributed by atoms with Gasteiger partial charge in [0.1, 0.15) is 5.41 Å². The van der Waals surface area contributed by atoms with E-state index in [-0.39, 0.29) is 0 Å². The van der Waals surface area contributed by atoms with Crippen LogP contribution in [0.4, 0.5) is 5.69 Å². The molecule has 0 aromatic heterocycles. The van der Waals surface area contributed by atoms with Gasteiger partial charge < -0.3 is 10.1 Å². The second-order valence-corrected chi connectivity index (χ2v) is 5.45. The second kappa shape index (κ2) is 5.52. The Morgan fingerprint density at radius 2 is 1.94 bits per heavy atom. The number of amides is 1. The quantitative estimate of drug-likeness (QED) is 0.689. The smallest absolute Gasteiger partial charge is 0.320 e. The highest BCUT2D eigenvalue weighted by atomic mass is 79.9. The molecule has 1 aromatic carbocycles. The van der Waals surface area contributed by atoms with E-state index in [1.54, 1.807) is 6.07 Å². The van der Waals surface area contributed by atoms with Gasteiger partial charge in [0.2, 0.25) is 5.91 Å². The molecular weight excluding hydrogens is 298 g/mol. The van der Waals surface area contributed by atoms with E-state index in [2.05, 4.69) is 26.0 Å². The van der Waals surface area contributed by atoms with E-state index in [0.29, 0.717) is 5.69 Å². The minimum absolute atomic E-state index is 0.393. The third-order valence-electron chi connectivity index (χ3n) is 2.71. The van der Waals surface area contributed by atoms with E-state index in [1.807, 2.05) is 19.1 Å². The van der Waals surface area contributed by atoms with Gasteiger partial charge in [-0.25, -0.2) is 0 Å². The van der Waals surface area contributed by atoms with Crippen LogP contribution in [0.5, 0.6) is 0 Å². The second-order valence-electron chi connectivity index (χ2n) is 4.53. The van der Waals surface area contributed by atoms with Gasteiger partial charge in [0, 0.05) is 10.2 Å². The van der Waals surface area contributed by atoms with Gasteiger partial charge in [-0.2, -0.15) is 0 Å². The third-order valence-corrected chi connectivity index (χ3v) is 3.20. The van der Waals surface area contributed by atoms with Crippen molar-refractivity contribution in [3.8, 4) is 0 Å². The standard InChI is InChI=1S/C13H16BrNO3/c1-8-5-6-9(14)7-10(8)15-11(16)13(2,3)12(17)18-4/h5-7H,1-4H3,(H,15,16). The summed E-state index contributed by atoms with van der Waals surface area (Å²) in [6, 6.07) is 5.56. The first-order valence-corrected chi connectivity index (χ1v) is 6.24. The molecule has 0 saturated carbocycles. The summed E-state index contributed by atoms with van der Waals surface area (Å²) in [6.07, 6.45) is 0. The first kappa shape index (κ1) is 14.7. The largest absolute Gasteiger partial charge is 0.468 e. The Balaban J connectivity index is 2.94. The summed E-state index contributed by atoms with van der Waals surface area (Å²) < 4.78 is 5.48. The molecule has 98 valence electrons. The minimum Gasteiger partial charge on any atom is -0.468 e. The number of aryl methyl sites for hydroxylation is 1. The van der Waals surface area contributed by atoms with Gasteiger partial charge in [-0.3, -0.25) is 9.59 Å². The Kier molecular flexibility index (Phi) is 4.51. The molecule has 0 aliphatic rings. The molecule has 1 aromatic rings. The maximum Gasteiger partial charge on any atom is 0.320 e. The van der Waals surface area contributed by atoms with Crippen LogP contribution in [0, 0.1) is 12.3 Å². The van der Waals surface area contributed by atoms with Crippen molar-refractivity contribution in [1.29, 1.82) is 0 Å². The lowest BCUT2D eigenvalue weighted by Gasteiger charge is -2.21. The molecule has 0 radical (unpaired) electrons. The molecule has 0 aliphatic heterocycles. The zero-order valence-corrected chi connectivity index (χ0v) is 12.4. The molecule has 0 bridgehead atoms. The molecule has 4 nitrogen and oxygen atoms in total. The number of rotatable bonds is 3. The monoisotopic (exact) mass is 313 g/mol. The van der Waals surface area contributed by atoms with Crippen LogP contribution in [-0.4, -0.2) is 19.0 Å². The predicted molar refractivity (Wildman–Crippen MR) is 73.3 cm³/mol. The van der Waals surface area contributed by atoms with Gasteiger partial charge in [0.05, 0.1) is 7.11 Å². The summed E-state index contributed by atoms with van der Waals surface area (Å²) in [5, 5.41) is 2.74. The van der Waals surface area contributed by atoms with Crippen LogP contribution in [-0.2, 0) is 14.3 Å². The summed E-state index contributed by atoms with van der Waals surface area (Å²) in [6.45, 7) is 4.94. The van der Waals surface area contributed by atoms with E-state index in [9.17, 15) is 9.59 Å². The predicted octanol–water partition coefficient (Wildman–Crippen LogP) is 2.90. The third kappa shape index (κ3) is 3.10. The fourth-order valence-corrected chi connectivity index (χ4v) is 1.72. The number of anilines is 1. The summed E-state index contributed by atoms with van der Waals surface area (Å²) in [4.78, 5) is 23.6. The first-order chi connectivity index (χ1) is 8.28. The van der Waals surface area contributed by atoms with Crippen LogP contribution in [0.25, 0.3) is 0 Å². The topological polar surface area (TPSA) is 55.4 Å². The normalized spacial score (nSPS) is 10.9. The number of hydrogen-bond donors (Lipinski definition) is 1. The highest BCUT2D eigenvalue weighted by molar-refractivity contribution is 9.10. The van der Waals surface area contributed by atoms with Crippen LogP contribution in [0.15, 0.2) is 22.7 Å². The molecule has 0 aliphatic carbocycles. The van der Waals surface area contributed by atoms with Crippen molar-refractivity contribution in [2.24, 2.45) is 5.41 Å². The molecule has 18 heavy (non-hydrogen) atoms. The molecule has 0 heterocycles. The summed E-state index contributed by atoms with van der Waals surface area (Å²) in [5.41, 5.74) is 0.377. The van der Waals surface area contributed by atoms with Gasteiger partial charge in [0.25, 0.3) is 0 Å². The molecule has 0 fully saturated rings.